The molecule has 3 aromatic carbocycles. The van der Waals surface area contributed by atoms with Crippen LogP contribution in [0.4, 0.5) is 55.6 Å². The van der Waals surface area contributed by atoms with E-state index in [0.717, 1.165) is 32.1 Å². The Morgan fingerprint density at radius 3 is 2.47 bits per heavy atom. The predicted molar refractivity (Wildman–Crippen MR) is 177 cm³/mol. The van der Waals surface area contributed by atoms with Gasteiger partial charge in [0, 0.05) is 48.2 Å². The van der Waals surface area contributed by atoms with Crippen molar-refractivity contribution < 1.29 is 35.7 Å². The van der Waals surface area contributed by atoms with E-state index in [1.165, 1.54) is 24.6 Å². The maximum absolute atomic E-state index is 15.3. The topological polar surface area (TPSA) is 144 Å². The van der Waals surface area contributed by atoms with Gasteiger partial charge in [-0.2, -0.15) is 18.2 Å². The summed E-state index contributed by atoms with van der Waals surface area (Å²) in [5.74, 6) is -1.43. The van der Waals surface area contributed by atoms with Gasteiger partial charge in [-0.1, -0.05) is 12.1 Å². The molecule has 11 nitrogen and oxygen atoms in total. The van der Waals surface area contributed by atoms with Crippen molar-refractivity contribution in [2.45, 2.75) is 17.5 Å². The van der Waals surface area contributed by atoms with Crippen LogP contribution in [0, 0.1) is 16.4 Å². The van der Waals surface area contributed by atoms with Gasteiger partial charge in [-0.15, -0.1) is 0 Å². The van der Waals surface area contributed by atoms with Crippen LogP contribution in [0.3, 0.4) is 0 Å². The molecule has 1 fully saturated rings. The number of urea groups is 1. The highest BCUT2D eigenvalue weighted by atomic mass is 32.2. The second kappa shape index (κ2) is 15.1. The van der Waals surface area contributed by atoms with E-state index in [1.807, 2.05) is 5.32 Å². The Labute approximate surface area is 279 Å². The standard InChI is InChI=1S/C32H33F5N8O3S/c1-49(38,47)23-5-2-4-22(18-23)41-30-40-19-24(29(44-30)39-10-3-11-45-12-14-48-15-13-45)20-6-9-27(26(34)16-20)42-31(46)43-28-17-21(32(35,36)37)7-8-25(28)33/h2,4-9,16-19,38H,3,10-15H2,1H3,(H2,42,43,46)(H2,39,40,41,44)/t49-/m0/s1. The molecule has 0 spiro atoms. The molecule has 4 aromatic rings. The summed E-state index contributed by atoms with van der Waals surface area (Å²) in [5.41, 5.74) is -0.925. The summed E-state index contributed by atoms with van der Waals surface area (Å²) in [5, 5.41) is 10.5. The van der Waals surface area contributed by atoms with Crippen LogP contribution in [0.5, 0.6) is 0 Å². The first-order valence-corrected chi connectivity index (χ1v) is 17.0. The van der Waals surface area contributed by atoms with E-state index in [2.05, 4.69) is 30.8 Å². The summed E-state index contributed by atoms with van der Waals surface area (Å²) in [6, 6.07) is 10.8. The molecule has 5 rings (SSSR count). The van der Waals surface area contributed by atoms with Gasteiger partial charge in [0.05, 0.1) is 39.9 Å². The molecule has 17 heteroatoms. The van der Waals surface area contributed by atoms with Crippen LogP contribution < -0.4 is 21.3 Å². The second-order valence-electron chi connectivity index (χ2n) is 11.2. The summed E-state index contributed by atoms with van der Waals surface area (Å²) in [6.45, 7) is 4.35. The van der Waals surface area contributed by atoms with Crippen molar-refractivity contribution in [2.24, 2.45) is 0 Å². The molecule has 0 radical (unpaired) electrons. The summed E-state index contributed by atoms with van der Waals surface area (Å²) in [6.07, 6.45) is -1.20. The van der Waals surface area contributed by atoms with E-state index in [-0.39, 0.29) is 11.6 Å². The molecule has 1 saturated heterocycles. The molecule has 0 saturated carbocycles. The third-order valence-corrected chi connectivity index (χ3v) is 8.60. The van der Waals surface area contributed by atoms with Gasteiger partial charge in [0.15, 0.2) is 0 Å². The van der Waals surface area contributed by atoms with Crippen molar-refractivity contribution >= 4 is 44.6 Å². The Hall–Kier alpha value is -4.87. The Balaban J connectivity index is 1.34. The molecular weight excluding hydrogens is 671 g/mol. The van der Waals surface area contributed by atoms with Crippen LogP contribution >= 0.6 is 0 Å². The maximum atomic E-state index is 15.3. The van der Waals surface area contributed by atoms with Crippen molar-refractivity contribution in [3.63, 3.8) is 0 Å². The number of alkyl halides is 3. The molecule has 0 unspecified atom stereocenters. The van der Waals surface area contributed by atoms with Crippen LogP contribution in [0.2, 0.25) is 0 Å². The number of benzene rings is 3. The van der Waals surface area contributed by atoms with Crippen LogP contribution in [-0.2, 0) is 20.6 Å². The SMILES string of the molecule is C[S@](=N)(=O)c1cccc(Nc2ncc(-c3ccc(NC(=O)Nc4cc(C(F)(F)F)ccc4F)c(F)c3)c(NCCCN3CCOCC3)n2)c1. The average Bonchev–Trinajstić information content (AvgIpc) is 3.05. The minimum absolute atomic E-state index is 0.182. The monoisotopic (exact) mass is 704 g/mol. The third kappa shape index (κ3) is 9.61. The second-order valence-corrected chi connectivity index (χ2v) is 13.3. The van der Waals surface area contributed by atoms with E-state index in [9.17, 15) is 26.6 Å². The van der Waals surface area contributed by atoms with E-state index >= 15 is 4.39 Å². The van der Waals surface area contributed by atoms with E-state index in [4.69, 9.17) is 9.52 Å². The van der Waals surface area contributed by atoms with Gasteiger partial charge in [0.25, 0.3) is 0 Å². The lowest BCUT2D eigenvalue weighted by atomic mass is 10.1. The van der Waals surface area contributed by atoms with Gasteiger partial charge in [0.2, 0.25) is 5.95 Å². The van der Waals surface area contributed by atoms with Gasteiger partial charge in [-0.05, 0) is 67.1 Å². The first-order valence-electron chi connectivity index (χ1n) is 15.0. The first kappa shape index (κ1) is 35.4. The third-order valence-electron chi connectivity index (χ3n) is 7.45. The normalized spacial score (nSPS) is 14.9. The number of ether oxygens (including phenoxy) is 1. The number of amides is 2. The van der Waals surface area contributed by atoms with Crippen molar-refractivity contribution in [2.75, 3.05) is 66.9 Å². The summed E-state index contributed by atoms with van der Waals surface area (Å²) in [4.78, 5) is 24.0. The maximum Gasteiger partial charge on any atom is 0.416 e. The van der Waals surface area contributed by atoms with Gasteiger partial charge >= 0.3 is 12.2 Å². The molecule has 0 aliphatic carbocycles. The number of nitrogens with zero attached hydrogens (tertiary/aromatic N) is 3. The predicted octanol–water partition coefficient (Wildman–Crippen LogP) is 7.00. The highest BCUT2D eigenvalue weighted by molar-refractivity contribution is 7.91. The quantitative estimate of drug-likeness (QED) is 0.0830. The Bertz CT molecular complexity index is 1920. The van der Waals surface area contributed by atoms with E-state index < -0.39 is 44.8 Å². The molecule has 1 aliphatic heterocycles. The molecule has 5 N–H and O–H groups in total. The number of halogens is 5. The van der Waals surface area contributed by atoms with Gasteiger partial charge < -0.3 is 26.0 Å². The van der Waals surface area contributed by atoms with E-state index in [1.54, 1.807) is 24.3 Å². The number of nitrogens with one attached hydrogen (secondary N) is 5. The van der Waals surface area contributed by atoms with Crippen molar-refractivity contribution in [3.8, 4) is 11.1 Å². The zero-order chi connectivity index (χ0) is 35.2. The lowest BCUT2D eigenvalue weighted by molar-refractivity contribution is -0.137. The van der Waals surface area contributed by atoms with Gasteiger partial charge in [0.1, 0.15) is 17.5 Å². The molecule has 260 valence electrons. The minimum atomic E-state index is -4.76. The summed E-state index contributed by atoms with van der Waals surface area (Å²) in [7, 11) is -2.96. The van der Waals surface area contributed by atoms with Gasteiger partial charge in [-0.3, -0.25) is 4.90 Å². The molecule has 49 heavy (non-hydrogen) atoms. The van der Waals surface area contributed by atoms with Gasteiger partial charge in [-0.25, -0.2) is 27.5 Å². The van der Waals surface area contributed by atoms with Crippen LogP contribution in [0.1, 0.15) is 12.0 Å². The molecule has 1 aliphatic rings. The van der Waals surface area contributed by atoms with Crippen molar-refractivity contribution in [1.29, 1.82) is 4.78 Å². The van der Waals surface area contributed by atoms with Crippen LogP contribution in [0.25, 0.3) is 11.1 Å². The lowest BCUT2D eigenvalue weighted by Crippen LogP contribution is -2.37. The fourth-order valence-electron chi connectivity index (χ4n) is 4.92. The van der Waals surface area contributed by atoms with Crippen molar-refractivity contribution in [3.05, 3.63) is 84.1 Å². The fourth-order valence-corrected chi connectivity index (χ4v) is 5.61. The van der Waals surface area contributed by atoms with E-state index in [0.29, 0.717) is 65.5 Å². The molecule has 2 amide bonds. The molecule has 1 atom stereocenters. The fraction of sp³-hybridized carbons (Fsp3) is 0.281. The number of hydrogen-bond acceptors (Lipinski definition) is 9. The minimum Gasteiger partial charge on any atom is -0.379 e. The number of carbonyl (C=O) groups excluding carboxylic acids is 1. The zero-order valence-electron chi connectivity index (χ0n) is 26.2. The number of anilines is 5. The Morgan fingerprint density at radius 1 is 1.00 bits per heavy atom. The molecule has 1 aromatic heterocycles. The first-order chi connectivity index (χ1) is 23.3. The Kier molecular flexibility index (Phi) is 10.9. The number of carbonyl (C=O) groups is 1. The van der Waals surface area contributed by atoms with Crippen LogP contribution in [0.15, 0.2) is 71.8 Å². The Morgan fingerprint density at radius 2 is 1.76 bits per heavy atom. The zero-order valence-corrected chi connectivity index (χ0v) is 27.0. The molecule has 2 heterocycles. The van der Waals surface area contributed by atoms with Crippen LogP contribution in [-0.4, -0.2) is 70.8 Å². The summed E-state index contributed by atoms with van der Waals surface area (Å²) >= 11 is 0. The number of morpholine rings is 1. The lowest BCUT2D eigenvalue weighted by Gasteiger charge is -2.26. The molecule has 0 bridgehead atoms. The smallest absolute Gasteiger partial charge is 0.379 e. The van der Waals surface area contributed by atoms with Crippen molar-refractivity contribution in [1.82, 2.24) is 14.9 Å². The number of hydrogen-bond donors (Lipinski definition) is 5. The molecular formula is C32H33F5N8O3S. The highest BCUT2D eigenvalue weighted by Crippen LogP contribution is 2.33. The summed E-state index contributed by atoms with van der Waals surface area (Å²) < 4.78 is 94.0. The number of aromatic nitrogens is 2. The largest absolute Gasteiger partial charge is 0.416 e. The average molecular weight is 705 g/mol. The number of rotatable bonds is 11. The highest BCUT2D eigenvalue weighted by Gasteiger charge is 2.31.